The summed E-state index contributed by atoms with van der Waals surface area (Å²) in [4.78, 5) is 51.9. The molecule has 340 valence electrons. The van der Waals surface area contributed by atoms with Crippen LogP contribution in [0.4, 0.5) is 46.5 Å². The molecule has 1 atom stereocenters. The Morgan fingerprint density at radius 1 is 0.569 bits per heavy atom. The Kier molecular flexibility index (Phi) is 15.1. The number of nitrogen functional groups attached to an aromatic ring is 2. The number of hydrogen-bond acceptors (Lipinski definition) is 12. The van der Waals surface area contributed by atoms with Gasteiger partial charge in [0.05, 0.1) is 17.0 Å². The van der Waals surface area contributed by atoms with Gasteiger partial charge in [-0.05, 0) is 114 Å². The van der Waals surface area contributed by atoms with Crippen molar-refractivity contribution in [3.05, 3.63) is 155 Å². The number of alkyl halides is 8. The molecule has 0 aliphatic heterocycles. The van der Waals surface area contributed by atoms with E-state index in [1.807, 2.05) is 0 Å². The standard InChI is InChI=1S/C45H34F8N2O10/c46-41(47)44(50,51)64-33-17-13-31(14-18-33)62-39(58)27-7-1-25(2-8-27)5-12-30(56)24-36(35-21-11-29(54)23-37(35)55)43(60,61)38(57)22-6-26-3-9-28(10-4-26)40(59)63-32-15-19-34(20-16-32)65-45(52,53)42(48)49/h1-23,36,41-42,60-61H,24,54-55H2. The molecule has 1 unspecified atom stereocenters. The van der Waals surface area contributed by atoms with Crippen molar-refractivity contribution in [2.24, 2.45) is 0 Å². The van der Waals surface area contributed by atoms with Crippen LogP contribution in [0.2, 0.25) is 0 Å². The van der Waals surface area contributed by atoms with Crippen LogP contribution in [0.15, 0.2) is 127 Å². The third kappa shape index (κ3) is 13.0. The summed E-state index contributed by atoms with van der Waals surface area (Å²) in [5.41, 5.74) is 12.8. The van der Waals surface area contributed by atoms with Crippen molar-refractivity contribution in [3.8, 4) is 23.0 Å². The molecule has 0 aromatic heterocycles. The molecule has 65 heavy (non-hydrogen) atoms. The number of ketones is 2. The normalized spacial score (nSPS) is 12.7. The van der Waals surface area contributed by atoms with Gasteiger partial charge in [-0.25, -0.2) is 9.59 Å². The van der Waals surface area contributed by atoms with E-state index >= 15 is 0 Å². The zero-order valence-electron chi connectivity index (χ0n) is 33.1. The van der Waals surface area contributed by atoms with Crippen LogP contribution >= 0.6 is 0 Å². The summed E-state index contributed by atoms with van der Waals surface area (Å²) in [6.07, 6.45) is -13.8. The third-order valence-corrected chi connectivity index (χ3v) is 9.01. The average Bonchev–Trinajstić information content (AvgIpc) is 3.25. The van der Waals surface area contributed by atoms with Crippen LogP contribution in [0.5, 0.6) is 23.0 Å². The van der Waals surface area contributed by atoms with Crippen LogP contribution in [0.25, 0.3) is 12.2 Å². The van der Waals surface area contributed by atoms with Crippen LogP contribution in [0.1, 0.15) is 49.7 Å². The number of aliphatic hydroxyl groups is 2. The molecule has 0 amide bonds. The first kappa shape index (κ1) is 48.5. The van der Waals surface area contributed by atoms with Crippen molar-refractivity contribution < 1.29 is 83.5 Å². The number of nitrogens with two attached hydrogens (primary N) is 2. The highest BCUT2D eigenvalue weighted by Gasteiger charge is 2.45. The van der Waals surface area contributed by atoms with Crippen LogP contribution in [0, 0.1) is 0 Å². The van der Waals surface area contributed by atoms with Gasteiger partial charge in [0, 0.05) is 17.8 Å². The molecule has 0 saturated carbocycles. The number of carbonyl (C=O) groups is 4. The molecule has 0 spiro atoms. The number of carbonyl (C=O) groups excluding carboxylic acids is 4. The minimum atomic E-state index is -4.73. The number of ether oxygens (including phenoxy) is 4. The summed E-state index contributed by atoms with van der Waals surface area (Å²) in [5, 5.41) is 22.5. The van der Waals surface area contributed by atoms with Crippen LogP contribution < -0.4 is 30.4 Å². The molecule has 0 fully saturated rings. The monoisotopic (exact) mass is 914 g/mol. The second-order valence-electron chi connectivity index (χ2n) is 13.8. The first-order valence-electron chi connectivity index (χ1n) is 18.6. The summed E-state index contributed by atoms with van der Waals surface area (Å²) >= 11 is 0. The van der Waals surface area contributed by atoms with E-state index in [4.69, 9.17) is 20.9 Å². The molecular formula is C45H34F8N2O10. The van der Waals surface area contributed by atoms with E-state index in [9.17, 15) is 64.5 Å². The molecule has 5 aromatic rings. The van der Waals surface area contributed by atoms with Crippen molar-refractivity contribution in [1.29, 1.82) is 0 Å². The van der Waals surface area contributed by atoms with E-state index in [1.165, 1.54) is 78.9 Å². The lowest BCUT2D eigenvalue weighted by molar-refractivity contribution is -0.253. The van der Waals surface area contributed by atoms with Crippen molar-refractivity contribution in [1.82, 2.24) is 0 Å². The summed E-state index contributed by atoms with van der Waals surface area (Å²) in [6.45, 7) is 0. The van der Waals surface area contributed by atoms with Gasteiger partial charge in [0.1, 0.15) is 23.0 Å². The first-order valence-corrected chi connectivity index (χ1v) is 18.6. The van der Waals surface area contributed by atoms with E-state index in [0.717, 1.165) is 60.7 Å². The zero-order chi connectivity index (χ0) is 47.7. The highest BCUT2D eigenvalue weighted by molar-refractivity contribution is 6.01. The number of rotatable bonds is 19. The van der Waals surface area contributed by atoms with Crippen molar-refractivity contribution in [3.63, 3.8) is 0 Å². The topological polar surface area (TPSA) is 198 Å². The van der Waals surface area contributed by atoms with Gasteiger partial charge in [0.25, 0.3) is 0 Å². The smallest absolute Gasteiger partial charge is 0.428 e. The Morgan fingerprint density at radius 2 is 0.969 bits per heavy atom. The Bertz CT molecular complexity index is 2550. The SMILES string of the molecule is Nc1ccc(C(CC(=O)C=Cc2ccc(C(=O)Oc3ccc(OC(F)(F)C(F)F)cc3)cc2)C(O)(O)C(=O)C=Cc2ccc(C(=O)Oc3ccc(OC(F)(F)C(F)F)cc3)cc2)c(N)c1. The van der Waals surface area contributed by atoms with Crippen LogP contribution in [-0.4, -0.2) is 64.6 Å². The van der Waals surface area contributed by atoms with Crippen LogP contribution in [-0.2, 0) is 9.59 Å². The lowest BCUT2D eigenvalue weighted by Gasteiger charge is -2.30. The Morgan fingerprint density at radius 3 is 1.37 bits per heavy atom. The number of benzene rings is 5. The van der Waals surface area contributed by atoms with Gasteiger partial charge in [0.15, 0.2) is 5.78 Å². The number of hydrogen-bond donors (Lipinski definition) is 4. The number of allylic oxidation sites excluding steroid dienone is 1. The van der Waals surface area contributed by atoms with Crippen molar-refractivity contribution >= 4 is 47.0 Å². The molecule has 0 bridgehead atoms. The number of halogens is 8. The fraction of sp³-hybridized carbons (Fsp3) is 0.156. The summed E-state index contributed by atoms with van der Waals surface area (Å²) in [7, 11) is 0. The first-order chi connectivity index (χ1) is 30.5. The van der Waals surface area contributed by atoms with Gasteiger partial charge >= 0.3 is 37.0 Å². The van der Waals surface area contributed by atoms with E-state index < -0.39 is 78.2 Å². The maximum absolute atomic E-state index is 13.4. The highest BCUT2D eigenvalue weighted by atomic mass is 19.3. The summed E-state index contributed by atoms with van der Waals surface area (Å²) < 4.78 is 120. The fourth-order valence-electron chi connectivity index (χ4n) is 5.65. The van der Waals surface area contributed by atoms with Crippen molar-refractivity contribution in [2.75, 3.05) is 11.5 Å². The molecule has 6 N–H and O–H groups in total. The van der Waals surface area contributed by atoms with Gasteiger partial charge in [-0.2, -0.15) is 35.1 Å². The summed E-state index contributed by atoms with van der Waals surface area (Å²) in [5.74, 6) is -10.1. The average molecular weight is 915 g/mol. The summed E-state index contributed by atoms with van der Waals surface area (Å²) in [6, 6.07) is 22.6. The lowest BCUT2D eigenvalue weighted by atomic mass is 9.82. The van der Waals surface area contributed by atoms with Gasteiger partial charge in [-0.1, -0.05) is 42.5 Å². The maximum atomic E-state index is 13.4. The molecule has 20 heteroatoms. The molecule has 0 aliphatic rings. The number of anilines is 2. The molecule has 0 aliphatic carbocycles. The zero-order valence-corrected chi connectivity index (χ0v) is 33.1. The predicted molar refractivity (Wildman–Crippen MR) is 217 cm³/mol. The molecule has 12 nitrogen and oxygen atoms in total. The highest BCUT2D eigenvalue weighted by Crippen LogP contribution is 2.36. The number of esters is 2. The molecule has 5 aromatic carbocycles. The minimum absolute atomic E-state index is 0.0000411. The predicted octanol–water partition coefficient (Wildman–Crippen LogP) is 8.48. The van der Waals surface area contributed by atoms with E-state index in [0.29, 0.717) is 5.56 Å². The Labute approximate surface area is 362 Å². The largest absolute Gasteiger partial charge is 0.461 e. The van der Waals surface area contributed by atoms with Gasteiger partial charge < -0.3 is 40.6 Å². The Balaban J connectivity index is 1.21. The molecular weight excluding hydrogens is 880 g/mol. The molecule has 0 radical (unpaired) electrons. The second-order valence-corrected chi connectivity index (χ2v) is 13.8. The lowest BCUT2D eigenvalue weighted by Crippen LogP contribution is -2.44. The van der Waals surface area contributed by atoms with E-state index in [1.54, 1.807) is 0 Å². The van der Waals surface area contributed by atoms with E-state index in [-0.39, 0.29) is 45.1 Å². The minimum Gasteiger partial charge on any atom is -0.428 e. The quantitative estimate of drug-likeness (QED) is 0.0154. The van der Waals surface area contributed by atoms with E-state index in [2.05, 4.69) is 9.47 Å². The second kappa shape index (κ2) is 20.3. The molecule has 5 rings (SSSR count). The molecule has 0 heterocycles. The van der Waals surface area contributed by atoms with Gasteiger partial charge in [0.2, 0.25) is 11.6 Å². The Hall–Kier alpha value is -7.58. The van der Waals surface area contributed by atoms with Gasteiger partial charge in [-0.15, -0.1) is 0 Å². The van der Waals surface area contributed by atoms with Crippen LogP contribution in [0.3, 0.4) is 0 Å². The fourth-order valence-corrected chi connectivity index (χ4v) is 5.65. The van der Waals surface area contributed by atoms with Crippen molar-refractivity contribution in [2.45, 2.75) is 43.2 Å². The maximum Gasteiger partial charge on any atom is 0.461 e. The molecule has 0 saturated heterocycles. The third-order valence-electron chi connectivity index (χ3n) is 9.01. The van der Waals surface area contributed by atoms with Gasteiger partial charge in [-0.3, -0.25) is 9.59 Å².